The van der Waals surface area contributed by atoms with E-state index in [-0.39, 0.29) is 5.91 Å². The quantitative estimate of drug-likeness (QED) is 0.917. The highest BCUT2D eigenvalue weighted by atomic mass is 16.5. The molecule has 2 heterocycles. The predicted molar refractivity (Wildman–Crippen MR) is 94.6 cm³/mol. The van der Waals surface area contributed by atoms with Crippen LogP contribution in [-0.4, -0.2) is 60.5 Å². The van der Waals surface area contributed by atoms with Crippen LogP contribution in [0.1, 0.15) is 21.5 Å². The molecule has 3 rings (SSSR count). The van der Waals surface area contributed by atoms with E-state index in [9.17, 15) is 4.79 Å². The fourth-order valence-corrected chi connectivity index (χ4v) is 3.10. The summed E-state index contributed by atoms with van der Waals surface area (Å²) in [5.74, 6) is 1.04. The summed E-state index contributed by atoms with van der Waals surface area (Å²) in [7, 11) is 1.69. The second-order valence-corrected chi connectivity index (χ2v) is 6.28. The Hall–Kier alpha value is -2.27. The maximum Gasteiger partial charge on any atom is 0.255 e. The second kappa shape index (κ2) is 7.53. The minimum Gasteiger partial charge on any atom is -0.497 e. The van der Waals surface area contributed by atoms with E-state index in [4.69, 9.17) is 4.74 Å². The van der Waals surface area contributed by atoms with E-state index in [0.717, 1.165) is 56.0 Å². The largest absolute Gasteiger partial charge is 0.497 e. The average Bonchev–Trinajstić information content (AvgIpc) is 3.06. The lowest BCUT2D eigenvalue weighted by Crippen LogP contribution is -2.49. The molecule has 24 heavy (non-hydrogen) atoms. The third kappa shape index (κ3) is 3.79. The van der Waals surface area contributed by atoms with Crippen molar-refractivity contribution in [3.05, 3.63) is 53.3 Å². The summed E-state index contributed by atoms with van der Waals surface area (Å²) in [6.45, 7) is 6.46. The molecule has 0 saturated carbocycles. The van der Waals surface area contributed by atoms with E-state index < -0.39 is 0 Å². The molecule has 5 heteroatoms. The van der Waals surface area contributed by atoms with Crippen molar-refractivity contribution in [2.45, 2.75) is 13.3 Å². The number of amides is 1. The Labute approximate surface area is 143 Å². The van der Waals surface area contributed by atoms with Crippen molar-refractivity contribution in [3.63, 3.8) is 0 Å². The number of piperazine rings is 1. The monoisotopic (exact) mass is 327 g/mol. The summed E-state index contributed by atoms with van der Waals surface area (Å²) in [6.07, 6.45) is 4.70. The van der Waals surface area contributed by atoms with Gasteiger partial charge in [-0.15, -0.1) is 0 Å². The minimum atomic E-state index is 0.142. The molecule has 0 aliphatic carbocycles. The fourth-order valence-electron chi connectivity index (χ4n) is 3.10. The van der Waals surface area contributed by atoms with Gasteiger partial charge in [0.15, 0.2) is 0 Å². The maximum atomic E-state index is 12.5. The normalized spacial score (nSPS) is 15.5. The van der Waals surface area contributed by atoms with Crippen LogP contribution in [0, 0.1) is 6.92 Å². The topological polar surface area (TPSA) is 48.6 Å². The number of rotatable bonds is 5. The highest BCUT2D eigenvalue weighted by Gasteiger charge is 2.23. The van der Waals surface area contributed by atoms with Crippen LogP contribution in [0.4, 0.5) is 0 Å². The molecular weight excluding hydrogens is 302 g/mol. The molecule has 1 amide bonds. The summed E-state index contributed by atoms with van der Waals surface area (Å²) in [6, 6.07) is 8.25. The lowest BCUT2D eigenvalue weighted by molar-refractivity contribution is 0.0638. The van der Waals surface area contributed by atoms with Crippen LogP contribution in [0.15, 0.2) is 36.7 Å². The first-order valence-corrected chi connectivity index (χ1v) is 8.45. The summed E-state index contributed by atoms with van der Waals surface area (Å²) >= 11 is 0. The Morgan fingerprint density at radius 2 is 1.83 bits per heavy atom. The van der Waals surface area contributed by atoms with Gasteiger partial charge >= 0.3 is 0 Å². The first-order chi connectivity index (χ1) is 11.7. The van der Waals surface area contributed by atoms with Gasteiger partial charge in [-0.3, -0.25) is 9.69 Å². The van der Waals surface area contributed by atoms with Crippen molar-refractivity contribution in [2.75, 3.05) is 39.8 Å². The first-order valence-electron chi connectivity index (χ1n) is 8.45. The van der Waals surface area contributed by atoms with Crippen molar-refractivity contribution >= 4 is 5.91 Å². The molecule has 1 aromatic carbocycles. The van der Waals surface area contributed by atoms with E-state index in [1.807, 2.05) is 30.2 Å². The lowest BCUT2D eigenvalue weighted by atomic mass is 10.1. The van der Waals surface area contributed by atoms with Crippen molar-refractivity contribution in [1.29, 1.82) is 0 Å². The number of carbonyl (C=O) groups excluding carboxylic acids is 1. The van der Waals surface area contributed by atoms with Gasteiger partial charge in [0.1, 0.15) is 5.75 Å². The van der Waals surface area contributed by atoms with E-state index in [2.05, 4.69) is 22.0 Å². The van der Waals surface area contributed by atoms with Crippen LogP contribution in [0.3, 0.4) is 0 Å². The molecule has 0 radical (unpaired) electrons. The molecule has 1 N–H and O–H groups in total. The highest BCUT2D eigenvalue weighted by molar-refractivity contribution is 5.95. The molecule has 0 bridgehead atoms. The number of hydrogen-bond acceptors (Lipinski definition) is 3. The molecular formula is C19H25N3O2. The number of methoxy groups -OCH3 is 1. The highest BCUT2D eigenvalue weighted by Crippen LogP contribution is 2.14. The summed E-state index contributed by atoms with van der Waals surface area (Å²) < 4.78 is 5.19. The van der Waals surface area contributed by atoms with Crippen LogP contribution >= 0.6 is 0 Å². The number of H-pyrrole nitrogens is 1. The maximum absolute atomic E-state index is 12.5. The van der Waals surface area contributed by atoms with Gasteiger partial charge in [-0.25, -0.2) is 0 Å². The summed E-state index contributed by atoms with van der Waals surface area (Å²) in [4.78, 5) is 19.9. The molecule has 0 atom stereocenters. The molecule has 128 valence electrons. The number of benzene rings is 1. The van der Waals surface area contributed by atoms with Gasteiger partial charge in [0, 0.05) is 45.1 Å². The van der Waals surface area contributed by atoms with Crippen molar-refractivity contribution < 1.29 is 9.53 Å². The Morgan fingerprint density at radius 1 is 1.12 bits per heavy atom. The zero-order valence-electron chi connectivity index (χ0n) is 14.4. The fraction of sp³-hybridized carbons (Fsp3) is 0.421. The van der Waals surface area contributed by atoms with Crippen LogP contribution in [-0.2, 0) is 6.42 Å². The Balaban J connectivity index is 1.46. The minimum absolute atomic E-state index is 0.142. The molecule has 1 aliphatic heterocycles. The lowest BCUT2D eigenvalue weighted by Gasteiger charge is -2.34. The van der Waals surface area contributed by atoms with Crippen molar-refractivity contribution in [1.82, 2.24) is 14.8 Å². The number of ether oxygens (including phenoxy) is 1. The van der Waals surface area contributed by atoms with Gasteiger partial charge in [0.2, 0.25) is 0 Å². The number of carbonyl (C=O) groups is 1. The molecule has 2 aromatic rings. The van der Waals surface area contributed by atoms with E-state index in [1.54, 1.807) is 13.3 Å². The molecule has 5 nitrogen and oxygen atoms in total. The third-order valence-electron chi connectivity index (χ3n) is 4.72. The SMILES string of the molecule is COc1ccc(CCN2CCN(C(=O)c3c[nH]cc3C)CC2)cc1. The molecule has 0 spiro atoms. The Morgan fingerprint density at radius 3 is 2.42 bits per heavy atom. The van der Waals surface area contributed by atoms with E-state index in [0.29, 0.717) is 0 Å². The molecule has 1 aromatic heterocycles. The number of nitrogens with zero attached hydrogens (tertiary/aromatic N) is 2. The van der Waals surface area contributed by atoms with Crippen molar-refractivity contribution in [2.24, 2.45) is 0 Å². The van der Waals surface area contributed by atoms with Gasteiger partial charge in [-0.2, -0.15) is 0 Å². The zero-order chi connectivity index (χ0) is 16.9. The van der Waals surface area contributed by atoms with Crippen molar-refractivity contribution in [3.8, 4) is 5.75 Å². The number of nitrogens with one attached hydrogen (secondary N) is 1. The first kappa shape index (κ1) is 16.6. The smallest absolute Gasteiger partial charge is 0.255 e. The summed E-state index contributed by atoms with van der Waals surface area (Å²) in [5, 5.41) is 0. The predicted octanol–water partition coefficient (Wildman–Crippen LogP) is 2.33. The summed E-state index contributed by atoms with van der Waals surface area (Å²) in [5.41, 5.74) is 3.13. The van der Waals surface area contributed by atoms with Crippen LogP contribution in [0.2, 0.25) is 0 Å². The molecule has 0 unspecified atom stereocenters. The Kier molecular flexibility index (Phi) is 5.20. The van der Waals surface area contributed by atoms with Gasteiger partial charge < -0.3 is 14.6 Å². The average molecular weight is 327 g/mol. The molecule has 1 saturated heterocycles. The number of hydrogen-bond donors (Lipinski definition) is 1. The third-order valence-corrected chi connectivity index (χ3v) is 4.72. The number of aromatic nitrogens is 1. The number of aromatic amines is 1. The van der Waals surface area contributed by atoms with Gasteiger partial charge in [-0.05, 0) is 36.6 Å². The zero-order valence-corrected chi connectivity index (χ0v) is 14.4. The molecule has 1 aliphatic rings. The van der Waals surface area contributed by atoms with E-state index in [1.165, 1.54) is 5.56 Å². The van der Waals surface area contributed by atoms with E-state index >= 15 is 0 Å². The molecule has 1 fully saturated rings. The van der Waals surface area contributed by atoms with Crippen LogP contribution in [0.25, 0.3) is 0 Å². The van der Waals surface area contributed by atoms with Crippen LogP contribution in [0.5, 0.6) is 5.75 Å². The van der Waals surface area contributed by atoms with Crippen LogP contribution < -0.4 is 4.74 Å². The van der Waals surface area contributed by atoms with Gasteiger partial charge in [-0.1, -0.05) is 12.1 Å². The Bertz CT molecular complexity index is 670. The second-order valence-electron chi connectivity index (χ2n) is 6.28. The standard InChI is InChI=1S/C19H25N3O2/c1-15-13-20-14-18(15)19(23)22-11-9-21(10-12-22)8-7-16-3-5-17(24-2)6-4-16/h3-6,13-14,20H,7-12H2,1-2H3. The number of aryl methyl sites for hydroxylation is 1. The van der Waals surface area contributed by atoms with Gasteiger partial charge in [0.25, 0.3) is 5.91 Å². The van der Waals surface area contributed by atoms with Gasteiger partial charge in [0.05, 0.1) is 12.7 Å².